The summed E-state index contributed by atoms with van der Waals surface area (Å²) in [5.41, 5.74) is 23.9. The van der Waals surface area contributed by atoms with Crippen LogP contribution >= 0.6 is 0 Å². The van der Waals surface area contributed by atoms with Gasteiger partial charge in [-0.3, -0.25) is 19.9 Å². The highest BCUT2D eigenvalue weighted by molar-refractivity contribution is 5.88. The van der Waals surface area contributed by atoms with Crippen molar-refractivity contribution in [1.29, 1.82) is 0 Å². The molecule has 0 aliphatic rings. The second kappa shape index (κ2) is 45.8. The van der Waals surface area contributed by atoms with Gasteiger partial charge in [0, 0.05) is 118 Å². The van der Waals surface area contributed by atoms with Crippen LogP contribution in [0.25, 0.3) is 68.9 Å². The van der Waals surface area contributed by atoms with Gasteiger partial charge in [0.05, 0.1) is 32.1 Å². The van der Waals surface area contributed by atoms with E-state index in [2.05, 4.69) is 193 Å². The molecule has 0 atom stereocenters. The Morgan fingerprint density at radius 2 is 0.686 bits per heavy atom. The van der Waals surface area contributed by atoms with Gasteiger partial charge in [0.1, 0.15) is 23.0 Å². The molecule has 0 spiro atoms. The molecule has 8 rings (SSSR count). The molecule has 0 fully saturated rings. The van der Waals surface area contributed by atoms with Crippen molar-refractivity contribution < 1.29 is 58.6 Å². The minimum absolute atomic E-state index is 0.0292. The third-order valence-electron chi connectivity index (χ3n) is 19.2. The molecule has 0 radical (unpaired) electrons. The summed E-state index contributed by atoms with van der Waals surface area (Å²) in [6.45, 7) is 56.8. The van der Waals surface area contributed by atoms with Gasteiger partial charge in [-0.2, -0.15) is 0 Å². The molecule has 0 bridgehead atoms. The highest BCUT2D eigenvalue weighted by atomic mass is 16.5. The molecule has 0 saturated carbocycles. The number of aromatic nitrogens is 4. The summed E-state index contributed by atoms with van der Waals surface area (Å²) in [6.07, 6.45) is 32.2. The molecule has 0 saturated heterocycles. The number of pyridine rings is 4. The molecule has 4 aromatic heterocycles. The van der Waals surface area contributed by atoms with E-state index < -0.39 is 23.9 Å². The van der Waals surface area contributed by atoms with Crippen LogP contribution in [0.3, 0.4) is 0 Å². The van der Waals surface area contributed by atoms with E-state index in [1.807, 2.05) is 107 Å². The van der Waals surface area contributed by atoms with Gasteiger partial charge >= 0.3 is 23.9 Å². The summed E-state index contributed by atoms with van der Waals surface area (Å²) in [4.78, 5) is 61.3. The molecule has 4 heterocycles. The average Bonchev–Trinajstić information content (AvgIpc) is 0.645. The van der Waals surface area contributed by atoms with Crippen molar-refractivity contribution in [3.05, 3.63) is 260 Å². The standard InChI is InChI=1S/C27H35NO3.3C25H31NO3/c1-9-31-25-21(15-20(26(3,4)5)16-23(25)27(6,7)8)22-17-28-13-12-19(22)11-10-18(2)14-24(29)30;1-7-29-25-22(17(4)5)13-20(16(2)3)14-23(25)21-10-11-26-15-19(21)9-8-18(6)12-24(27)28;1-7-29-25-21(17(4)5)13-20(16(2)3)14-22(25)23-15-26-11-10-19(23)9-8-18(6)12-24(27)28;1-7-29-25-21(17(4)5)14-20(16(2)3)15-22(25)24-19(9-8-12-26-24)11-10-18(6)13-23(27)28/h10-17H,9H2,1-8H3,(H,29,30);3*8-17H,7H2,1-6H3,(H,27,28)/b11-10+,18-14+;2*9-8+,18-12+;11-10+,18-13+. The number of rotatable bonds is 30. The molecule has 8 aromatic rings. The normalized spacial score (nSPS) is 12.4. The molecule has 118 heavy (non-hydrogen) atoms. The van der Waals surface area contributed by atoms with Crippen molar-refractivity contribution >= 4 is 48.2 Å². The van der Waals surface area contributed by atoms with Gasteiger partial charge in [-0.05, 0) is 228 Å². The van der Waals surface area contributed by atoms with Gasteiger partial charge in [-0.1, -0.05) is 204 Å². The number of carbonyl (C=O) groups is 4. The van der Waals surface area contributed by atoms with Crippen molar-refractivity contribution in [2.45, 2.75) is 226 Å². The topological polar surface area (TPSA) is 238 Å². The number of ether oxygens (including phenoxy) is 4. The summed E-state index contributed by atoms with van der Waals surface area (Å²) >= 11 is 0. The van der Waals surface area contributed by atoms with Crippen LogP contribution in [-0.2, 0) is 30.0 Å². The lowest BCUT2D eigenvalue weighted by atomic mass is 9.78. The van der Waals surface area contributed by atoms with Gasteiger partial charge in [0.25, 0.3) is 0 Å². The SMILES string of the molecule is CCOc1c(-c2ccncc2/C=C/C(C)=C/C(=O)O)cc(C(C)C)cc1C(C)C.CCOc1c(-c2cnccc2/C=C/C(C)=C/C(=O)O)cc(C(C)(C)C)cc1C(C)(C)C.CCOc1c(-c2cnccc2/C=C/C(C)=C/C(=O)O)cc(C(C)C)cc1C(C)C.CCOc1c(-c2ncccc2/C=C/C(C)=C/C(=O)O)cc(C(C)C)cc1C(C)C. The number of carboxylic acids is 4. The fourth-order valence-corrected chi connectivity index (χ4v) is 12.9. The highest BCUT2D eigenvalue weighted by Gasteiger charge is 2.29. The minimum atomic E-state index is -0.955. The Hall–Kier alpha value is -11.5. The lowest BCUT2D eigenvalue weighted by molar-refractivity contribution is -0.132. The van der Waals surface area contributed by atoms with Crippen molar-refractivity contribution in [2.24, 2.45) is 0 Å². The van der Waals surface area contributed by atoms with Crippen LogP contribution in [-0.4, -0.2) is 90.7 Å². The van der Waals surface area contributed by atoms with Crippen LogP contribution in [0.4, 0.5) is 0 Å². The van der Waals surface area contributed by atoms with Crippen LogP contribution in [0, 0.1) is 0 Å². The van der Waals surface area contributed by atoms with Gasteiger partial charge in [0.2, 0.25) is 0 Å². The molecule has 16 heteroatoms. The van der Waals surface area contributed by atoms with Gasteiger partial charge < -0.3 is 39.4 Å². The number of hydrogen-bond donors (Lipinski definition) is 4. The Kier molecular flexibility index (Phi) is 37.7. The molecule has 628 valence electrons. The van der Waals surface area contributed by atoms with Crippen LogP contribution in [0.5, 0.6) is 23.0 Å². The molecule has 4 N–H and O–H groups in total. The molecule has 0 aliphatic carbocycles. The van der Waals surface area contributed by atoms with Crippen LogP contribution < -0.4 is 18.9 Å². The smallest absolute Gasteiger partial charge is 0.328 e. The van der Waals surface area contributed by atoms with Crippen LogP contribution in [0.2, 0.25) is 0 Å². The third kappa shape index (κ3) is 29.0. The fraction of sp³-hybridized carbons (Fsp3) is 0.373. The maximum Gasteiger partial charge on any atom is 0.328 e. The Balaban J connectivity index is 0.000000280. The van der Waals surface area contributed by atoms with Crippen LogP contribution in [0.15, 0.2) is 193 Å². The molecule has 0 amide bonds. The predicted molar refractivity (Wildman–Crippen MR) is 487 cm³/mol. The summed E-state index contributed by atoms with van der Waals surface area (Å²) in [5.74, 6) is 1.87. The second-order valence-electron chi connectivity index (χ2n) is 33.1. The zero-order valence-corrected chi connectivity index (χ0v) is 74.6. The van der Waals surface area contributed by atoms with E-state index in [9.17, 15) is 19.2 Å². The van der Waals surface area contributed by atoms with Crippen LogP contribution in [0.1, 0.15) is 282 Å². The number of nitrogens with zero attached hydrogens (tertiary/aromatic N) is 4. The van der Waals surface area contributed by atoms with E-state index in [-0.39, 0.29) is 10.8 Å². The van der Waals surface area contributed by atoms with Crippen molar-refractivity contribution in [1.82, 2.24) is 19.9 Å². The van der Waals surface area contributed by atoms with E-state index in [1.54, 1.807) is 70.8 Å². The minimum Gasteiger partial charge on any atom is -0.493 e. The van der Waals surface area contributed by atoms with E-state index >= 15 is 0 Å². The van der Waals surface area contributed by atoms with E-state index in [0.29, 0.717) is 84.2 Å². The zero-order valence-electron chi connectivity index (χ0n) is 74.6. The van der Waals surface area contributed by atoms with Gasteiger partial charge in [0.15, 0.2) is 0 Å². The molecular weight excluding hydrogens is 1470 g/mol. The zero-order chi connectivity index (χ0) is 88.1. The van der Waals surface area contributed by atoms with Crippen molar-refractivity contribution in [2.75, 3.05) is 26.4 Å². The first-order chi connectivity index (χ1) is 55.6. The van der Waals surface area contributed by atoms with Crippen molar-refractivity contribution in [3.8, 4) is 67.6 Å². The fourth-order valence-electron chi connectivity index (χ4n) is 12.9. The maximum absolute atomic E-state index is 11.0. The van der Waals surface area contributed by atoms with E-state index in [4.69, 9.17) is 39.4 Å². The lowest BCUT2D eigenvalue weighted by Gasteiger charge is -2.29. The van der Waals surface area contributed by atoms with Gasteiger partial charge in [-0.15, -0.1) is 0 Å². The Morgan fingerprint density at radius 1 is 0.356 bits per heavy atom. The number of benzene rings is 4. The molecule has 4 aromatic carbocycles. The van der Waals surface area contributed by atoms with E-state index in [0.717, 1.165) is 95.5 Å². The summed E-state index contributed by atoms with van der Waals surface area (Å²) in [7, 11) is 0. The van der Waals surface area contributed by atoms with Crippen molar-refractivity contribution in [3.63, 3.8) is 0 Å². The van der Waals surface area contributed by atoms with E-state index in [1.165, 1.54) is 63.2 Å². The first-order valence-corrected chi connectivity index (χ1v) is 41.0. The largest absolute Gasteiger partial charge is 0.493 e. The monoisotopic (exact) mass is 1600 g/mol. The molecule has 0 aliphatic heterocycles. The summed E-state index contributed by atoms with van der Waals surface area (Å²) in [6, 6.07) is 27.5. The first-order valence-electron chi connectivity index (χ1n) is 41.0. The summed E-state index contributed by atoms with van der Waals surface area (Å²) in [5, 5.41) is 35.8. The Labute approximate surface area is 703 Å². The summed E-state index contributed by atoms with van der Waals surface area (Å²) < 4.78 is 24.5. The number of aliphatic carboxylic acids is 4. The first kappa shape index (κ1) is 97.1. The van der Waals surface area contributed by atoms with Gasteiger partial charge in [-0.25, -0.2) is 19.2 Å². The quantitative estimate of drug-likeness (QED) is 0.0242. The second-order valence-corrected chi connectivity index (χ2v) is 33.1. The molecule has 0 unspecified atom stereocenters. The lowest BCUT2D eigenvalue weighted by Crippen LogP contribution is -2.18. The third-order valence-corrected chi connectivity index (χ3v) is 19.2. The number of allylic oxidation sites excluding steroid dienone is 8. The molecule has 16 nitrogen and oxygen atoms in total. The molecular formula is C102H128N4O12. The number of hydrogen-bond acceptors (Lipinski definition) is 12. The maximum atomic E-state index is 11.0. The Morgan fingerprint density at radius 3 is 1.04 bits per heavy atom. The highest BCUT2D eigenvalue weighted by Crippen LogP contribution is 2.47. The predicted octanol–water partition coefficient (Wildman–Crippen LogP) is 26.1. The number of carboxylic acid groups (broad SMARTS) is 4. The average molecular weight is 1600 g/mol. The Bertz CT molecular complexity index is 4660.